The summed E-state index contributed by atoms with van der Waals surface area (Å²) in [5.74, 6) is -0.355. The minimum atomic E-state index is -0.546. The summed E-state index contributed by atoms with van der Waals surface area (Å²) in [6, 6.07) is 0. The van der Waals surface area contributed by atoms with Crippen LogP contribution in [0.25, 0.3) is 0 Å². The molecule has 0 radical (unpaired) electrons. The van der Waals surface area contributed by atoms with Gasteiger partial charge in [0.2, 0.25) is 0 Å². The van der Waals surface area contributed by atoms with Crippen molar-refractivity contribution in [2.45, 2.75) is 18.5 Å². The Morgan fingerprint density at radius 3 is 3.00 bits per heavy atom. The Kier molecular flexibility index (Phi) is 2.00. The minimum Gasteiger partial charge on any atom is -0.467 e. The molecule has 0 aromatic rings. The van der Waals surface area contributed by atoms with Crippen LogP contribution in [0.5, 0.6) is 0 Å². The highest BCUT2D eigenvalue weighted by atomic mass is 16.7. The molecule has 68 valence electrons. The van der Waals surface area contributed by atoms with E-state index in [-0.39, 0.29) is 18.4 Å². The van der Waals surface area contributed by atoms with Gasteiger partial charge < -0.3 is 19.5 Å². The molecule has 2 fully saturated rings. The van der Waals surface area contributed by atoms with Crippen LogP contribution < -0.4 is 5.32 Å². The number of hydrogen-bond acceptors (Lipinski definition) is 5. The molecule has 1 N–H and O–H groups in total. The van der Waals surface area contributed by atoms with Crippen molar-refractivity contribution < 1.29 is 19.0 Å². The average Bonchev–Trinajstić information content (AvgIpc) is 2.40. The normalized spacial score (nSPS) is 39.6. The van der Waals surface area contributed by atoms with Gasteiger partial charge in [0, 0.05) is 13.1 Å². The monoisotopic (exact) mass is 173 g/mol. The predicted molar refractivity (Wildman–Crippen MR) is 38.4 cm³/mol. The topological polar surface area (TPSA) is 56.8 Å². The SMILES string of the molecule is COC(=O)[C@H]1O[C@H]2CNC[C@@H]1O2. The third-order valence-electron chi connectivity index (χ3n) is 2.05. The Morgan fingerprint density at radius 1 is 1.50 bits per heavy atom. The van der Waals surface area contributed by atoms with E-state index < -0.39 is 6.10 Å². The summed E-state index contributed by atoms with van der Waals surface area (Å²) >= 11 is 0. The lowest BCUT2D eigenvalue weighted by molar-refractivity contribution is -0.153. The Labute approximate surface area is 70.0 Å². The van der Waals surface area contributed by atoms with E-state index >= 15 is 0 Å². The molecule has 2 bridgehead atoms. The van der Waals surface area contributed by atoms with Crippen LogP contribution in [0.3, 0.4) is 0 Å². The van der Waals surface area contributed by atoms with Gasteiger partial charge >= 0.3 is 5.97 Å². The van der Waals surface area contributed by atoms with Gasteiger partial charge in [-0.3, -0.25) is 0 Å². The second-order valence-electron chi connectivity index (χ2n) is 2.84. The van der Waals surface area contributed by atoms with Gasteiger partial charge in [-0.1, -0.05) is 0 Å². The molecule has 0 aliphatic carbocycles. The first kappa shape index (κ1) is 7.97. The first-order valence-corrected chi connectivity index (χ1v) is 3.90. The zero-order chi connectivity index (χ0) is 8.55. The molecule has 5 heteroatoms. The third kappa shape index (κ3) is 1.20. The highest BCUT2D eigenvalue weighted by Crippen LogP contribution is 2.22. The maximum absolute atomic E-state index is 11.1. The first-order chi connectivity index (χ1) is 5.81. The number of methoxy groups -OCH3 is 1. The molecule has 2 rings (SSSR count). The van der Waals surface area contributed by atoms with Crippen molar-refractivity contribution in [3.63, 3.8) is 0 Å². The molecule has 3 atom stereocenters. The molecule has 0 unspecified atom stereocenters. The van der Waals surface area contributed by atoms with E-state index in [1.807, 2.05) is 0 Å². The summed E-state index contributed by atoms with van der Waals surface area (Å²) in [7, 11) is 1.35. The summed E-state index contributed by atoms with van der Waals surface area (Å²) in [5.41, 5.74) is 0. The number of carbonyl (C=O) groups excluding carboxylic acids is 1. The van der Waals surface area contributed by atoms with Crippen molar-refractivity contribution in [1.29, 1.82) is 0 Å². The Balaban J connectivity index is 2.04. The molecule has 0 spiro atoms. The van der Waals surface area contributed by atoms with E-state index in [1.54, 1.807) is 0 Å². The molecule has 0 saturated carbocycles. The molecule has 0 aromatic heterocycles. The number of fused-ring (bicyclic) bond motifs is 2. The van der Waals surface area contributed by atoms with E-state index in [0.29, 0.717) is 13.1 Å². The van der Waals surface area contributed by atoms with Gasteiger partial charge in [-0.25, -0.2) is 4.79 Å². The molecule has 2 heterocycles. The Hall–Kier alpha value is -0.650. The van der Waals surface area contributed by atoms with Gasteiger partial charge in [0.25, 0.3) is 0 Å². The van der Waals surface area contributed by atoms with Crippen molar-refractivity contribution in [1.82, 2.24) is 5.32 Å². The van der Waals surface area contributed by atoms with Crippen LogP contribution in [0.2, 0.25) is 0 Å². The van der Waals surface area contributed by atoms with E-state index in [1.165, 1.54) is 7.11 Å². The molecule has 2 saturated heterocycles. The van der Waals surface area contributed by atoms with E-state index in [9.17, 15) is 4.79 Å². The van der Waals surface area contributed by atoms with Gasteiger partial charge in [-0.15, -0.1) is 0 Å². The number of ether oxygens (including phenoxy) is 3. The van der Waals surface area contributed by atoms with Crippen LogP contribution >= 0.6 is 0 Å². The second kappa shape index (κ2) is 3.01. The Morgan fingerprint density at radius 2 is 2.33 bits per heavy atom. The molecule has 0 amide bonds. The summed E-state index contributed by atoms with van der Waals surface area (Å²) in [6.45, 7) is 1.29. The van der Waals surface area contributed by atoms with Gasteiger partial charge in [-0.05, 0) is 0 Å². The second-order valence-corrected chi connectivity index (χ2v) is 2.84. The fourth-order valence-corrected chi connectivity index (χ4v) is 1.47. The molecule has 2 aliphatic heterocycles. The first-order valence-electron chi connectivity index (χ1n) is 3.90. The molecule has 12 heavy (non-hydrogen) atoms. The van der Waals surface area contributed by atoms with Crippen LogP contribution in [-0.2, 0) is 19.0 Å². The number of morpholine rings is 1. The van der Waals surface area contributed by atoms with Crippen LogP contribution in [0.15, 0.2) is 0 Å². The number of carbonyl (C=O) groups is 1. The summed E-state index contributed by atoms with van der Waals surface area (Å²) in [6.07, 6.45) is -1.01. The lowest BCUT2D eigenvalue weighted by atomic mass is 10.2. The number of hydrogen-bond donors (Lipinski definition) is 1. The fraction of sp³-hybridized carbons (Fsp3) is 0.857. The van der Waals surface area contributed by atoms with Crippen molar-refractivity contribution in [2.75, 3.05) is 20.2 Å². The number of nitrogens with one attached hydrogen (secondary N) is 1. The van der Waals surface area contributed by atoms with Gasteiger partial charge in [0.1, 0.15) is 6.10 Å². The lowest BCUT2D eigenvalue weighted by Crippen LogP contribution is -2.42. The highest BCUT2D eigenvalue weighted by molar-refractivity contribution is 5.75. The zero-order valence-electron chi connectivity index (χ0n) is 6.78. The maximum Gasteiger partial charge on any atom is 0.337 e. The van der Waals surface area contributed by atoms with E-state index in [4.69, 9.17) is 9.47 Å². The van der Waals surface area contributed by atoms with Crippen LogP contribution in [0.1, 0.15) is 0 Å². The van der Waals surface area contributed by atoms with Crippen molar-refractivity contribution in [3.05, 3.63) is 0 Å². The summed E-state index contributed by atoms with van der Waals surface area (Å²) < 4.78 is 15.2. The Bertz CT molecular complexity index is 196. The van der Waals surface area contributed by atoms with Crippen molar-refractivity contribution >= 4 is 5.97 Å². The molecular weight excluding hydrogens is 162 g/mol. The summed E-state index contributed by atoms with van der Waals surface area (Å²) in [4.78, 5) is 11.1. The average molecular weight is 173 g/mol. The quantitative estimate of drug-likeness (QED) is 0.509. The van der Waals surface area contributed by atoms with E-state index in [0.717, 1.165) is 0 Å². The zero-order valence-corrected chi connectivity index (χ0v) is 6.78. The predicted octanol–water partition coefficient (Wildman–Crippen LogP) is -1.13. The third-order valence-corrected chi connectivity index (χ3v) is 2.05. The molecular formula is C7H11NO4. The number of esters is 1. The van der Waals surface area contributed by atoms with Gasteiger partial charge in [0.15, 0.2) is 12.4 Å². The minimum absolute atomic E-state index is 0.184. The lowest BCUT2D eigenvalue weighted by Gasteiger charge is -2.18. The molecule has 5 nitrogen and oxygen atoms in total. The largest absolute Gasteiger partial charge is 0.467 e. The van der Waals surface area contributed by atoms with Gasteiger partial charge in [-0.2, -0.15) is 0 Å². The van der Waals surface area contributed by atoms with Crippen LogP contribution in [-0.4, -0.2) is 44.7 Å². The van der Waals surface area contributed by atoms with Crippen molar-refractivity contribution in [3.8, 4) is 0 Å². The van der Waals surface area contributed by atoms with Crippen molar-refractivity contribution in [2.24, 2.45) is 0 Å². The highest BCUT2D eigenvalue weighted by Gasteiger charge is 2.43. The smallest absolute Gasteiger partial charge is 0.337 e. The molecule has 2 aliphatic rings. The summed E-state index contributed by atoms with van der Waals surface area (Å²) in [5, 5.41) is 3.10. The fourth-order valence-electron chi connectivity index (χ4n) is 1.47. The molecule has 0 aromatic carbocycles. The van der Waals surface area contributed by atoms with Gasteiger partial charge in [0.05, 0.1) is 7.11 Å². The van der Waals surface area contributed by atoms with Crippen LogP contribution in [0, 0.1) is 0 Å². The maximum atomic E-state index is 11.1. The standard InChI is InChI=1S/C7H11NO4/c1-10-7(9)6-4-2-8-3-5(11-4)12-6/h4-6,8H,2-3H2,1H3/t4-,5-,6-/m0/s1. The van der Waals surface area contributed by atoms with Crippen LogP contribution in [0.4, 0.5) is 0 Å². The number of rotatable bonds is 1. The van der Waals surface area contributed by atoms with E-state index in [2.05, 4.69) is 10.1 Å².